The molecule has 2 aromatic carbocycles. The van der Waals surface area contributed by atoms with Gasteiger partial charge in [-0.1, -0.05) is 54.6 Å². The lowest BCUT2D eigenvalue weighted by molar-refractivity contribution is 0.103. The van der Waals surface area contributed by atoms with Crippen LogP contribution in [0.5, 0.6) is 0 Å². The molecular weight excluding hydrogens is 264 g/mol. The summed E-state index contributed by atoms with van der Waals surface area (Å²) in [6.45, 7) is 0. The molecule has 2 aromatic rings. The second-order valence-electron chi connectivity index (χ2n) is 4.09. The third kappa shape index (κ3) is 3.74. The zero-order valence-electron chi connectivity index (χ0n) is 9.94. The van der Waals surface area contributed by atoms with Crippen LogP contribution < -0.4 is 0 Å². The fourth-order valence-electron chi connectivity index (χ4n) is 1.71. The first kappa shape index (κ1) is 13.5. The molecule has 19 heavy (non-hydrogen) atoms. The molecule has 0 N–H and O–H groups in total. The Kier molecular flexibility index (Phi) is 3.78. The topological polar surface area (TPSA) is 74.3 Å². The van der Waals surface area contributed by atoms with E-state index in [0.717, 1.165) is 0 Å². The Labute approximate surface area is 111 Å². The van der Waals surface area contributed by atoms with Gasteiger partial charge >= 0.3 is 0 Å². The molecule has 0 aromatic heterocycles. The highest BCUT2D eigenvalue weighted by molar-refractivity contribution is 7.84. The molecule has 2 rings (SSSR count). The average Bonchev–Trinajstić information content (AvgIpc) is 2.38. The van der Waals surface area contributed by atoms with Gasteiger partial charge in [-0.3, -0.25) is 4.79 Å². The van der Waals surface area contributed by atoms with Crippen molar-refractivity contribution in [2.75, 3.05) is 0 Å². The molecule has 0 amide bonds. The molecule has 0 radical (unpaired) electrons. The summed E-state index contributed by atoms with van der Waals surface area (Å²) in [6, 6.07) is 14.8. The van der Waals surface area contributed by atoms with Gasteiger partial charge in [0.2, 0.25) is 0 Å². The summed E-state index contributed by atoms with van der Waals surface area (Å²) in [5, 5.41) is 0. The Hall–Kier alpha value is -1.98. The first-order valence-corrected chi connectivity index (χ1v) is 7.16. The summed E-state index contributed by atoms with van der Waals surface area (Å²) in [6.07, 6.45) is 0. The highest BCUT2D eigenvalue weighted by Gasteiger charge is 2.08. The van der Waals surface area contributed by atoms with E-state index in [4.69, 9.17) is 0 Å². The Balaban J connectivity index is 2.22. The molecular formula is C14H11O4S-. The van der Waals surface area contributed by atoms with E-state index >= 15 is 0 Å². The van der Waals surface area contributed by atoms with Crippen LogP contribution in [0.3, 0.4) is 0 Å². The molecule has 0 aliphatic rings. The van der Waals surface area contributed by atoms with Gasteiger partial charge in [-0.25, -0.2) is 8.42 Å². The largest absolute Gasteiger partial charge is 0.748 e. The quantitative estimate of drug-likeness (QED) is 0.631. The normalized spacial score (nSPS) is 11.2. The Morgan fingerprint density at radius 2 is 1.42 bits per heavy atom. The number of benzene rings is 2. The van der Waals surface area contributed by atoms with Crippen LogP contribution in [0.2, 0.25) is 0 Å². The van der Waals surface area contributed by atoms with Crippen LogP contribution in [0.25, 0.3) is 0 Å². The van der Waals surface area contributed by atoms with Crippen molar-refractivity contribution in [3.63, 3.8) is 0 Å². The molecule has 5 heteroatoms. The maximum Gasteiger partial charge on any atom is 0.193 e. The predicted octanol–water partition coefficient (Wildman–Crippen LogP) is 1.96. The maximum absolute atomic E-state index is 12.1. The third-order valence-electron chi connectivity index (χ3n) is 2.60. The van der Waals surface area contributed by atoms with E-state index in [0.29, 0.717) is 16.7 Å². The van der Waals surface area contributed by atoms with Crippen molar-refractivity contribution >= 4 is 15.9 Å². The van der Waals surface area contributed by atoms with E-state index in [1.54, 1.807) is 24.3 Å². The van der Waals surface area contributed by atoms with Crippen molar-refractivity contribution in [3.8, 4) is 0 Å². The number of hydrogen-bond donors (Lipinski definition) is 0. The molecule has 0 bridgehead atoms. The fourth-order valence-corrected chi connectivity index (χ4v) is 2.31. The summed E-state index contributed by atoms with van der Waals surface area (Å²) >= 11 is 0. The second kappa shape index (κ2) is 5.34. The maximum atomic E-state index is 12.1. The van der Waals surface area contributed by atoms with Crippen molar-refractivity contribution < 1.29 is 17.8 Å². The molecule has 4 nitrogen and oxygen atoms in total. The van der Waals surface area contributed by atoms with Gasteiger partial charge in [-0.15, -0.1) is 0 Å². The van der Waals surface area contributed by atoms with Gasteiger partial charge in [-0.05, 0) is 5.56 Å². The van der Waals surface area contributed by atoms with Crippen molar-refractivity contribution in [3.05, 3.63) is 71.3 Å². The minimum atomic E-state index is -4.30. The lowest BCUT2D eigenvalue weighted by Crippen LogP contribution is -2.04. The minimum Gasteiger partial charge on any atom is -0.748 e. The molecule has 0 saturated heterocycles. The van der Waals surface area contributed by atoms with Crippen LogP contribution in [-0.2, 0) is 15.9 Å². The first-order valence-electron chi connectivity index (χ1n) is 5.58. The average molecular weight is 275 g/mol. The van der Waals surface area contributed by atoms with Crippen LogP contribution in [0.15, 0.2) is 54.6 Å². The highest BCUT2D eigenvalue weighted by Crippen LogP contribution is 2.12. The van der Waals surface area contributed by atoms with E-state index in [1.165, 1.54) is 24.3 Å². The number of ketones is 1. The third-order valence-corrected chi connectivity index (χ3v) is 3.28. The van der Waals surface area contributed by atoms with Crippen molar-refractivity contribution in [1.82, 2.24) is 0 Å². The summed E-state index contributed by atoms with van der Waals surface area (Å²) in [5.74, 6) is -0.704. The van der Waals surface area contributed by atoms with Crippen molar-refractivity contribution in [2.45, 2.75) is 5.75 Å². The zero-order valence-corrected chi connectivity index (χ0v) is 10.8. The Morgan fingerprint density at radius 1 is 0.895 bits per heavy atom. The van der Waals surface area contributed by atoms with Crippen molar-refractivity contribution in [2.24, 2.45) is 0 Å². The number of hydrogen-bond acceptors (Lipinski definition) is 4. The minimum absolute atomic E-state index is 0.142. The zero-order chi connectivity index (χ0) is 13.9. The van der Waals surface area contributed by atoms with Gasteiger partial charge < -0.3 is 4.55 Å². The molecule has 0 heterocycles. The molecule has 0 unspecified atom stereocenters. The Bertz CT molecular complexity index is 673. The number of carbonyl (C=O) groups is 1. The van der Waals surface area contributed by atoms with Gasteiger partial charge in [0.05, 0.1) is 15.9 Å². The Morgan fingerprint density at radius 3 is 1.95 bits per heavy atom. The van der Waals surface area contributed by atoms with Crippen LogP contribution in [0.4, 0.5) is 0 Å². The molecule has 98 valence electrons. The summed E-state index contributed by atoms with van der Waals surface area (Å²) in [7, 11) is -4.30. The first-order chi connectivity index (χ1) is 8.96. The van der Waals surface area contributed by atoms with Crippen LogP contribution in [0.1, 0.15) is 21.5 Å². The molecule has 0 aliphatic carbocycles. The molecule has 0 aliphatic heterocycles. The second-order valence-corrected chi connectivity index (χ2v) is 5.50. The van der Waals surface area contributed by atoms with Gasteiger partial charge in [0.25, 0.3) is 0 Å². The van der Waals surface area contributed by atoms with Gasteiger partial charge in [0.15, 0.2) is 5.78 Å². The molecule has 0 spiro atoms. The van der Waals surface area contributed by atoms with E-state index in [9.17, 15) is 17.8 Å². The fraction of sp³-hybridized carbons (Fsp3) is 0.0714. The number of rotatable bonds is 4. The molecule has 0 atom stereocenters. The highest BCUT2D eigenvalue weighted by atomic mass is 32.2. The molecule has 0 fully saturated rings. The lowest BCUT2D eigenvalue weighted by atomic mass is 10.0. The standard InChI is InChI=1S/C14H12O4S/c15-14(12-4-2-1-3-5-12)13-8-6-11(7-9-13)10-19(16,17)18/h1-9H,10H2,(H,16,17,18)/p-1. The van der Waals surface area contributed by atoms with Gasteiger partial charge in [0.1, 0.15) is 0 Å². The van der Waals surface area contributed by atoms with Crippen LogP contribution >= 0.6 is 0 Å². The monoisotopic (exact) mass is 275 g/mol. The van der Waals surface area contributed by atoms with E-state index in [-0.39, 0.29) is 5.78 Å². The SMILES string of the molecule is O=C(c1ccccc1)c1ccc(CS(=O)(=O)[O-])cc1. The summed E-state index contributed by atoms with van der Waals surface area (Å²) < 4.78 is 31.9. The van der Waals surface area contributed by atoms with Crippen LogP contribution in [0, 0.1) is 0 Å². The van der Waals surface area contributed by atoms with Crippen molar-refractivity contribution in [1.29, 1.82) is 0 Å². The van der Waals surface area contributed by atoms with E-state index in [2.05, 4.69) is 0 Å². The predicted molar refractivity (Wildman–Crippen MR) is 69.7 cm³/mol. The molecule has 0 saturated carbocycles. The van der Waals surface area contributed by atoms with Gasteiger partial charge in [0, 0.05) is 11.1 Å². The number of carbonyl (C=O) groups excluding carboxylic acids is 1. The lowest BCUT2D eigenvalue weighted by Gasteiger charge is -2.07. The van der Waals surface area contributed by atoms with Gasteiger partial charge in [-0.2, -0.15) is 0 Å². The van der Waals surface area contributed by atoms with E-state index < -0.39 is 15.9 Å². The van der Waals surface area contributed by atoms with Crippen LogP contribution in [-0.4, -0.2) is 18.8 Å². The summed E-state index contributed by atoms with van der Waals surface area (Å²) in [4.78, 5) is 12.1. The van der Waals surface area contributed by atoms with E-state index in [1.807, 2.05) is 6.07 Å². The summed E-state index contributed by atoms with van der Waals surface area (Å²) in [5.41, 5.74) is 1.39. The smallest absolute Gasteiger partial charge is 0.193 e.